The van der Waals surface area contributed by atoms with Crippen molar-refractivity contribution in [3.8, 4) is 5.75 Å². The fourth-order valence-electron chi connectivity index (χ4n) is 2.05. The first-order valence-electron chi connectivity index (χ1n) is 6.97. The lowest BCUT2D eigenvalue weighted by atomic mass is 10.1. The summed E-state index contributed by atoms with van der Waals surface area (Å²) in [4.78, 5) is 0. The molecule has 0 fully saturated rings. The van der Waals surface area contributed by atoms with Gasteiger partial charge < -0.3 is 4.74 Å². The Morgan fingerprint density at radius 2 is 1.60 bits per heavy atom. The number of benzene rings is 2. The van der Waals surface area contributed by atoms with Crippen molar-refractivity contribution in [2.24, 2.45) is 0 Å². The highest BCUT2D eigenvalue weighted by molar-refractivity contribution is 7.67. The maximum absolute atomic E-state index is 5.75. The fourth-order valence-corrected chi connectivity index (χ4v) is 2.90. The third-order valence-electron chi connectivity index (χ3n) is 3.17. The van der Waals surface area contributed by atoms with Gasteiger partial charge in [0, 0.05) is 6.16 Å². The topological polar surface area (TPSA) is 9.23 Å². The van der Waals surface area contributed by atoms with Crippen LogP contribution in [0.1, 0.15) is 24.0 Å². The molecule has 0 aliphatic heterocycles. The zero-order valence-corrected chi connectivity index (χ0v) is 13.3. The van der Waals surface area contributed by atoms with Crippen molar-refractivity contribution in [2.45, 2.75) is 25.4 Å². The van der Waals surface area contributed by atoms with Crippen LogP contribution in [0.15, 0.2) is 54.6 Å². The van der Waals surface area contributed by atoms with E-state index in [1.54, 1.807) is 0 Å². The zero-order valence-electron chi connectivity index (χ0n) is 11.5. The number of hydrogen-bond donors (Lipinski definition) is 0. The maximum Gasteiger partial charge on any atom is 0.119 e. The van der Waals surface area contributed by atoms with Gasteiger partial charge in [-0.3, -0.25) is 0 Å². The van der Waals surface area contributed by atoms with Crippen LogP contribution in [0.2, 0.25) is 0 Å². The molecule has 0 bridgehead atoms. The van der Waals surface area contributed by atoms with E-state index in [4.69, 9.17) is 16.0 Å². The highest BCUT2D eigenvalue weighted by Gasteiger charge is 1.96. The van der Waals surface area contributed by atoms with Gasteiger partial charge >= 0.3 is 0 Å². The molecule has 106 valence electrons. The van der Waals surface area contributed by atoms with Crippen molar-refractivity contribution in [2.75, 3.05) is 6.61 Å². The molecule has 0 aromatic heterocycles. The summed E-state index contributed by atoms with van der Waals surface area (Å²) >= 11 is 5.74. The van der Waals surface area contributed by atoms with Gasteiger partial charge in [0.15, 0.2) is 0 Å². The molecule has 0 aliphatic carbocycles. The first-order chi connectivity index (χ1) is 9.88. The van der Waals surface area contributed by atoms with E-state index in [9.17, 15) is 0 Å². The lowest BCUT2D eigenvalue weighted by Gasteiger charge is -2.07. The van der Waals surface area contributed by atoms with Crippen LogP contribution in [-0.2, 0) is 12.6 Å². The molecule has 3 heteroatoms. The zero-order chi connectivity index (χ0) is 14.0. The Balaban J connectivity index is 1.63. The van der Waals surface area contributed by atoms with Gasteiger partial charge in [0.2, 0.25) is 0 Å². The van der Waals surface area contributed by atoms with Gasteiger partial charge in [-0.05, 0) is 50.5 Å². The van der Waals surface area contributed by atoms with E-state index in [2.05, 4.69) is 42.5 Å². The third kappa shape index (κ3) is 5.53. The minimum Gasteiger partial charge on any atom is -0.494 e. The first kappa shape index (κ1) is 15.4. The van der Waals surface area contributed by atoms with Crippen LogP contribution in [0.25, 0.3) is 0 Å². The predicted octanol–water partition coefficient (Wildman–Crippen LogP) is 5.42. The lowest BCUT2D eigenvalue weighted by molar-refractivity contribution is 0.307. The minimum atomic E-state index is 0.450. The van der Waals surface area contributed by atoms with Crippen molar-refractivity contribution in [3.63, 3.8) is 0 Å². The summed E-state index contributed by atoms with van der Waals surface area (Å²) in [6.07, 6.45) is 4.31. The van der Waals surface area contributed by atoms with Crippen LogP contribution >= 0.6 is 19.2 Å². The molecule has 0 saturated carbocycles. The van der Waals surface area contributed by atoms with E-state index in [-0.39, 0.29) is 0 Å². The van der Waals surface area contributed by atoms with Gasteiger partial charge in [-0.2, -0.15) is 0 Å². The van der Waals surface area contributed by atoms with E-state index in [1.165, 1.54) is 11.1 Å². The number of aryl methyl sites for hydroxylation is 1. The van der Waals surface area contributed by atoms with Gasteiger partial charge in [-0.1, -0.05) is 53.7 Å². The van der Waals surface area contributed by atoms with Crippen molar-refractivity contribution in [3.05, 3.63) is 65.7 Å². The Morgan fingerprint density at radius 3 is 2.30 bits per heavy atom. The van der Waals surface area contributed by atoms with Crippen molar-refractivity contribution in [1.29, 1.82) is 0 Å². The largest absolute Gasteiger partial charge is 0.494 e. The SMILES string of the molecule is ClPCc1ccc(OCCCCc2ccccc2)cc1. The molecule has 0 heterocycles. The Bertz CT molecular complexity index is 484. The molecule has 2 aromatic carbocycles. The number of ether oxygens (including phenoxy) is 1. The Hall–Kier alpha value is -1.04. The molecule has 0 aliphatic rings. The average Bonchev–Trinajstić information content (AvgIpc) is 2.50. The van der Waals surface area contributed by atoms with E-state index in [0.29, 0.717) is 7.93 Å². The van der Waals surface area contributed by atoms with E-state index >= 15 is 0 Å². The molecule has 0 amide bonds. The van der Waals surface area contributed by atoms with Crippen molar-refractivity contribution in [1.82, 2.24) is 0 Å². The van der Waals surface area contributed by atoms with Crippen LogP contribution in [0.4, 0.5) is 0 Å². The Morgan fingerprint density at radius 1 is 0.850 bits per heavy atom. The maximum atomic E-state index is 5.75. The van der Waals surface area contributed by atoms with E-state index in [1.807, 2.05) is 12.1 Å². The number of unbranched alkanes of at least 4 members (excludes halogenated alkanes) is 1. The second-order valence-electron chi connectivity index (χ2n) is 4.75. The highest BCUT2D eigenvalue weighted by Crippen LogP contribution is 2.24. The number of hydrogen-bond acceptors (Lipinski definition) is 1. The summed E-state index contributed by atoms with van der Waals surface area (Å²) in [5.41, 5.74) is 2.67. The molecular formula is C17H20ClOP. The van der Waals surface area contributed by atoms with Crippen LogP contribution in [-0.4, -0.2) is 6.61 Å². The number of rotatable bonds is 8. The third-order valence-corrected chi connectivity index (χ3v) is 4.11. The summed E-state index contributed by atoms with van der Waals surface area (Å²) < 4.78 is 5.75. The summed E-state index contributed by atoms with van der Waals surface area (Å²) in [7, 11) is 0.450. The second kappa shape index (κ2) is 9.00. The minimum absolute atomic E-state index is 0.450. The van der Waals surface area contributed by atoms with Crippen LogP contribution in [0.5, 0.6) is 5.75 Å². The van der Waals surface area contributed by atoms with Crippen LogP contribution < -0.4 is 4.74 Å². The average molecular weight is 307 g/mol. The molecular weight excluding hydrogens is 287 g/mol. The smallest absolute Gasteiger partial charge is 0.119 e. The van der Waals surface area contributed by atoms with Gasteiger partial charge in [0.1, 0.15) is 5.75 Å². The van der Waals surface area contributed by atoms with E-state index < -0.39 is 0 Å². The molecule has 0 saturated heterocycles. The lowest BCUT2D eigenvalue weighted by Crippen LogP contribution is -1.98. The quantitative estimate of drug-likeness (QED) is 0.467. The predicted molar refractivity (Wildman–Crippen MR) is 89.2 cm³/mol. The monoisotopic (exact) mass is 306 g/mol. The molecule has 0 spiro atoms. The fraction of sp³-hybridized carbons (Fsp3) is 0.294. The second-order valence-corrected chi connectivity index (χ2v) is 6.17. The van der Waals surface area contributed by atoms with Crippen LogP contribution in [0.3, 0.4) is 0 Å². The standard InChI is InChI=1S/C17H20ClOP/c18-20-14-16-9-11-17(12-10-16)19-13-5-4-8-15-6-2-1-3-7-15/h1-3,6-7,9-12,20H,4-5,8,13-14H2. The van der Waals surface area contributed by atoms with Gasteiger partial charge in [0.25, 0.3) is 0 Å². The Kier molecular flexibility index (Phi) is 6.91. The van der Waals surface area contributed by atoms with Crippen molar-refractivity contribution >= 4 is 19.2 Å². The first-order valence-corrected chi connectivity index (χ1v) is 9.19. The molecule has 2 aromatic rings. The highest BCUT2D eigenvalue weighted by atomic mass is 35.7. The van der Waals surface area contributed by atoms with E-state index in [0.717, 1.165) is 37.8 Å². The molecule has 1 atom stereocenters. The van der Waals surface area contributed by atoms with Gasteiger partial charge in [-0.15, -0.1) is 0 Å². The summed E-state index contributed by atoms with van der Waals surface area (Å²) in [6, 6.07) is 18.8. The molecule has 2 rings (SSSR count). The molecule has 0 N–H and O–H groups in total. The molecule has 1 unspecified atom stereocenters. The molecule has 20 heavy (non-hydrogen) atoms. The summed E-state index contributed by atoms with van der Waals surface area (Å²) in [6.45, 7) is 0.781. The van der Waals surface area contributed by atoms with Gasteiger partial charge in [0.05, 0.1) is 6.61 Å². The molecule has 1 nitrogen and oxygen atoms in total. The van der Waals surface area contributed by atoms with Crippen molar-refractivity contribution < 1.29 is 4.74 Å². The normalized spacial score (nSPS) is 11.1. The Labute approximate surface area is 127 Å². The number of halogens is 1. The molecule has 0 radical (unpaired) electrons. The summed E-state index contributed by atoms with van der Waals surface area (Å²) in [5.74, 6) is 0.950. The summed E-state index contributed by atoms with van der Waals surface area (Å²) in [5, 5.41) is 0. The van der Waals surface area contributed by atoms with Gasteiger partial charge in [-0.25, -0.2) is 0 Å². The van der Waals surface area contributed by atoms with Crippen LogP contribution in [0, 0.1) is 0 Å².